The van der Waals surface area contributed by atoms with Crippen LogP contribution in [0.15, 0.2) is 46.6 Å². The Morgan fingerprint density at radius 1 is 1.26 bits per heavy atom. The summed E-state index contributed by atoms with van der Waals surface area (Å²) in [7, 11) is 0. The zero-order valence-electron chi connectivity index (χ0n) is 11.6. The average molecular weight is 273 g/mol. The van der Waals surface area contributed by atoms with Crippen LogP contribution in [0.2, 0.25) is 0 Å². The maximum absolute atomic E-state index is 4.45. The molecule has 1 heterocycles. The second-order valence-electron chi connectivity index (χ2n) is 4.40. The summed E-state index contributed by atoms with van der Waals surface area (Å²) in [4.78, 5) is 9.97. The predicted molar refractivity (Wildman–Crippen MR) is 79.4 cm³/mol. The van der Waals surface area contributed by atoms with Crippen molar-refractivity contribution in [3.05, 3.63) is 47.8 Å². The van der Waals surface area contributed by atoms with Gasteiger partial charge in [-0.1, -0.05) is 25.1 Å². The highest BCUT2D eigenvalue weighted by Gasteiger charge is 2.11. The molecule has 0 radical (unpaired) electrons. The highest BCUT2D eigenvalue weighted by atomic mass is 32.2. The molecule has 1 aromatic heterocycles. The summed E-state index contributed by atoms with van der Waals surface area (Å²) in [5.74, 6) is 0. The third kappa shape index (κ3) is 3.78. The molecular formula is C15H19N3S. The molecule has 0 bridgehead atoms. The lowest BCUT2D eigenvalue weighted by molar-refractivity contribution is 0.590. The fourth-order valence-electron chi connectivity index (χ4n) is 1.92. The molecule has 0 aliphatic heterocycles. The summed E-state index contributed by atoms with van der Waals surface area (Å²) in [5, 5.41) is 4.25. The zero-order chi connectivity index (χ0) is 13.7. The van der Waals surface area contributed by atoms with Gasteiger partial charge in [0.1, 0.15) is 0 Å². The van der Waals surface area contributed by atoms with E-state index in [2.05, 4.69) is 53.4 Å². The number of aromatic nitrogens is 2. The monoisotopic (exact) mass is 273 g/mol. The van der Waals surface area contributed by atoms with E-state index < -0.39 is 0 Å². The standard InChI is InChI=1S/C15H19N3S/c1-4-16-12(3)13-7-5-6-8-14(13)19-15-17-10-9-11(2)18-15/h5-10,12,16H,4H2,1-3H3. The van der Waals surface area contributed by atoms with Crippen LogP contribution < -0.4 is 5.32 Å². The summed E-state index contributed by atoms with van der Waals surface area (Å²) < 4.78 is 0. The van der Waals surface area contributed by atoms with Crippen LogP contribution in [0.3, 0.4) is 0 Å². The fraction of sp³-hybridized carbons (Fsp3) is 0.333. The summed E-state index contributed by atoms with van der Waals surface area (Å²) in [6.07, 6.45) is 1.81. The van der Waals surface area contributed by atoms with Crippen molar-refractivity contribution in [2.75, 3.05) is 6.54 Å². The van der Waals surface area contributed by atoms with Crippen molar-refractivity contribution < 1.29 is 0 Å². The topological polar surface area (TPSA) is 37.8 Å². The van der Waals surface area contributed by atoms with Crippen LogP contribution >= 0.6 is 11.8 Å². The van der Waals surface area contributed by atoms with Crippen LogP contribution in [0.1, 0.15) is 31.1 Å². The lowest BCUT2D eigenvalue weighted by atomic mass is 10.1. The third-order valence-electron chi connectivity index (χ3n) is 2.87. The van der Waals surface area contributed by atoms with Crippen molar-refractivity contribution in [2.24, 2.45) is 0 Å². The predicted octanol–water partition coefficient (Wildman–Crippen LogP) is 3.61. The Bertz CT molecular complexity index is 542. The summed E-state index contributed by atoms with van der Waals surface area (Å²) in [6.45, 7) is 7.25. The van der Waals surface area contributed by atoms with Gasteiger partial charge in [0.15, 0.2) is 5.16 Å². The smallest absolute Gasteiger partial charge is 0.192 e. The van der Waals surface area contributed by atoms with Gasteiger partial charge in [-0.05, 0) is 49.9 Å². The first-order valence-corrected chi connectivity index (χ1v) is 7.32. The van der Waals surface area contributed by atoms with Crippen LogP contribution in [0, 0.1) is 6.92 Å². The van der Waals surface area contributed by atoms with Crippen molar-refractivity contribution >= 4 is 11.8 Å². The number of benzene rings is 1. The van der Waals surface area contributed by atoms with Gasteiger partial charge in [-0.2, -0.15) is 0 Å². The first kappa shape index (κ1) is 14.0. The van der Waals surface area contributed by atoms with Crippen LogP contribution in [0.4, 0.5) is 0 Å². The van der Waals surface area contributed by atoms with E-state index in [-0.39, 0.29) is 0 Å². The molecule has 19 heavy (non-hydrogen) atoms. The first-order chi connectivity index (χ1) is 9.20. The minimum atomic E-state index is 0.332. The van der Waals surface area contributed by atoms with E-state index in [1.165, 1.54) is 10.5 Å². The normalized spacial score (nSPS) is 12.4. The molecular weight excluding hydrogens is 254 g/mol. The Labute approximate surface area is 118 Å². The van der Waals surface area contributed by atoms with Gasteiger partial charge >= 0.3 is 0 Å². The number of aryl methyl sites for hydroxylation is 1. The van der Waals surface area contributed by atoms with Gasteiger partial charge in [0.05, 0.1) is 0 Å². The summed E-state index contributed by atoms with van der Waals surface area (Å²) in [6, 6.07) is 10.7. The second-order valence-corrected chi connectivity index (χ2v) is 5.41. The number of nitrogens with zero attached hydrogens (tertiary/aromatic N) is 2. The Morgan fingerprint density at radius 3 is 2.79 bits per heavy atom. The summed E-state index contributed by atoms with van der Waals surface area (Å²) >= 11 is 1.62. The van der Waals surface area contributed by atoms with Crippen molar-refractivity contribution in [1.29, 1.82) is 0 Å². The van der Waals surface area contributed by atoms with Gasteiger partial charge in [-0.25, -0.2) is 9.97 Å². The lowest BCUT2D eigenvalue weighted by Gasteiger charge is -2.16. The van der Waals surface area contributed by atoms with E-state index >= 15 is 0 Å². The molecule has 0 aliphatic rings. The van der Waals surface area contributed by atoms with E-state index in [1.807, 2.05) is 13.0 Å². The Balaban J connectivity index is 2.25. The Kier molecular flexibility index (Phi) is 4.93. The molecule has 1 atom stereocenters. The fourth-order valence-corrected chi connectivity index (χ4v) is 2.93. The molecule has 4 heteroatoms. The van der Waals surface area contributed by atoms with Crippen molar-refractivity contribution in [3.8, 4) is 0 Å². The van der Waals surface area contributed by atoms with Crippen LogP contribution in [-0.4, -0.2) is 16.5 Å². The minimum Gasteiger partial charge on any atom is -0.310 e. The maximum atomic E-state index is 4.45. The van der Waals surface area contributed by atoms with Crippen LogP contribution in [0.25, 0.3) is 0 Å². The van der Waals surface area contributed by atoms with Gasteiger partial charge in [0.25, 0.3) is 0 Å². The summed E-state index contributed by atoms with van der Waals surface area (Å²) in [5.41, 5.74) is 2.29. The average Bonchev–Trinajstić information content (AvgIpc) is 2.39. The molecule has 1 unspecified atom stereocenters. The molecule has 0 spiro atoms. The van der Waals surface area contributed by atoms with Crippen LogP contribution in [0.5, 0.6) is 0 Å². The van der Waals surface area contributed by atoms with Crippen molar-refractivity contribution in [2.45, 2.75) is 36.9 Å². The van der Waals surface area contributed by atoms with E-state index in [0.717, 1.165) is 17.4 Å². The molecule has 1 N–H and O–H groups in total. The van der Waals surface area contributed by atoms with Gasteiger partial charge in [-0.15, -0.1) is 0 Å². The molecule has 1 aromatic carbocycles. The molecule has 2 aromatic rings. The SMILES string of the molecule is CCNC(C)c1ccccc1Sc1nccc(C)n1. The Morgan fingerprint density at radius 2 is 2.05 bits per heavy atom. The zero-order valence-corrected chi connectivity index (χ0v) is 12.4. The Hall–Kier alpha value is -1.39. The molecule has 0 aliphatic carbocycles. The molecule has 0 saturated heterocycles. The number of rotatable bonds is 5. The molecule has 3 nitrogen and oxygen atoms in total. The van der Waals surface area contributed by atoms with Crippen molar-refractivity contribution in [1.82, 2.24) is 15.3 Å². The lowest BCUT2D eigenvalue weighted by Crippen LogP contribution is -2.18. The van der Waals surface area contributed by atoms with Gasteiger partial charge in [0.2, 0.25) is 0 Å². The highest BCUT2D eigenvalue weighted by Crippen LogP contribution is 2.31. The van der Waals surface area contributed by atoms with Crippen LogP contribution in [-0.2, 0) is 0 Å². The number of hydrogen-bond acceptors (Lipinski definition) is 4. The first-order valence-electron chi connectivity index (χ1n) is 6.50. The number of nitrogens with one attached hydrogen (secondary N) is 1. The largest absolute Gasteiger partial charge is 0.310 e. The van der Waals surface area contributed by atoms with Gasteiger partial charge in [0, 0.05) is 22.8 Å². The third-order valence-corrected chi connectivity index (χ3v) is 3.84. The highest BCUT2D eigenvalue weighted by molar-refractivity contribution is 7.99. The van der Waals surface area contributed by atoms with E-state index in [4.69, 9.17) is 0 Å². The quantitative estimate of drug-likeness (QED) is 0.845. The second kappa shape index (κ2) is 6.68. The van der Waals surface area contributed by atoms with Gasteiger partial charge < -0.3 is 5.32 Å². The number of hydrogen-bond donors (Lipinski definition) is 1. The molecule has 100 valence electrons. The molecule has 0 fully saturated rings. The molecule has 0 amide bonds. The van der Waals surface area contributed by atoms with E-state index in [1.54, 1.807) is 18.0 Å². The maximum Gasteiger partial charge on any atom is 0.192 e. The molecule has 0 saturated carbocycles. The minimum absolute atomic E-state index is 0.332. The van der Waals surface area contributed by atoms with E-state index in [9.17, 15) is 0 Å². The molecule has 2 rings (SSSR count). The van der Waals surface area contributed by atoms with E-state index in [0.29, 0.717) is 6.04 Å². The van der Waals surface area contributed by atoms with Gasteiger partial charge in [-0.3, -0.25) is 0 Å². The van der Waals surface area contributed by atoms with Crippen molar-refractivity contribution in [3.63, 3.8) is 0 Å².